The van der Waals surface area contributed by atoms with Gasteiger partial charge in [-0.1, -0.05) is 6.07 Å². The van der Waals surface area contributed by atoms with Crippen LogP contribution in [0.5, 0.6) is 0 Å². The summed E-state index contributed by atoms with van der Waals surface area (Å²) in [6.45, 7) is 3.50. The van der Waals surface area contributed by atoms with Crippen molar-refractivity contribution >= 4 is 11.7 Å². The number of nitrogens with one attached hydrogen (secondary N) is 1. The van der Waals surface area contributed by atoms with E-state index in [-0.39, 0.29) is 18.3 Å². The fourth-order valence-corrected chi connectivity index (χ4v) is 1.32. The van der Waals surface area contributed by atoms with Crippen LogP contribution in [-0.4, -0.2) is 17.1 Å². The number of halogens is 1. The summed E-state index contributed by atoms with van der Waals surface area (Å²) in [5, 5.41) is 11.4. The number of carboxylic acids is 1. The van der Waals surface area contributed by atoms with Gasteiger partial charge in [-0.2, -0.15) is 0 Å². The predicted molar refractivity (Wildman–Crippen MR) is 56.5 cm³/mol. The first kappa shape index (κ1) is 11.5. The molecule has 0 aromatic heterocycles. The first-order chi connectivity index (χ1) is 6.99. The van der Waals surface area contributed by atoms with Gasteiger partial charge in [-0.3, -0.25) is 4.79 Å². The van der Waals surface area contributed by atoms with Crippen LogP contribution < -0.4 is 5.32 Å². The summed E-state index contributed by atoms with van der Waals surface area (Å²) in [5.41, 5.74) is 1.18. The van der Waals surface area contributed by atoms with Crippen molar-refractivity contribution in [2.24, 2.45) is 0 Å². The summed E-state index contributed by atoms with van der Waals surface area (Å²) in [6, 6.07) is 4.51. The van der Waals surface area contributed by atoms with E-state index in [0.29, 0.717) is 5.69 Å². The molecule has 0 amide bonds. The lowest BCUT2D eigenvalue weighted by atomic mass is 10.2. The second kappa shape index (κ2) is 4.77. The molecule has 1 aromatic carbocycles. The van der Waals surface area contributed by atoms with E-state index in [1.165, 1.54) is 6.07 Å². The van der Waals surface area contributed by atoms with Gasteiger partial charge in [0.1, 0.15) is 5.82 Å². The minimum atomic E-state index is -0.900. The molecule has 1 unspecified atom stereocenters. The summed E-state index contributed by atoms with van der Waals surface area (Å²) >= 11 is 0. The molecule has 1 atom stereocenters. The van der Waals surface area contributed by atoms with E-state index in [1.807, 2.05) is 0 Å². The van der Waals surface area contributed by atoms with Crippen LogP contribution in [0.2, 0.25) is 0 Å². The zero-order valence-corrected chi connectivity index (χ0v) is 8.75. The van der Waals surface area contributed by atoms with Crippen LogP contribution in [0.15, 0.2) is 18.2 Å². The molecule has 0 saturated carbocycles. The Bertz CT molecular complexity index is 366. The third kappa shape index (κ3) is 3.58. The van der Waals surface area contributed by atoms with Crippen molar-refractivity contribution in [2.45, 2.75) is 26.3 Å². The zero-order valence-electron chi connectivity index (χ0n) is 8.75. The SMILES string of the molecule is Cc1ccc(NC(C)CC(=O)O)c(F)c1. The molecule has 0 radical (unpaired) electrons. The smallest absolute Gasteiger partial charge is 0.305 e. The van der Waals surface area contributed by atoms with Crippen molar-refractivity contribution in [3.8, 4) is 0 Å². The molecule has 0 fully saturated rings. The molecule has 4 heteroatoms. The van der Waals surface area contributed by atoms with Crippen LogP contribution in [0.3, 0.4) is 0 Å². The van der Waals surface area contributed by atoms with Crippen molar-refractivity contribution in [1.29, 1.82) is 0 Å². The second-order valence-corrected chi connectivity index (χ2v) is 3.63. The standard InChI is InChI=1S/C11H14FNO2/c1-7-3-4-10(9(12)5-7)13-8(2)6-11(14)15/h3-5,8,13H,6H2,1-2H3,(H,14,15). The van der Waals surface area contributed by atoms with E-state index in [4.69, 9.17) is 5.11 Å². The number of carboxylic acid groups (broad SMARTS) is 1. The van der Waals surface area contributed by atoms with Crippen molar-refractivity contribution < 1.29 is 14.3 Å². The minimum absolute atomic E-state index is 0.0344. The molecule has 1 rings (SSSR count). The maximum absolute atomic E-state index is 13.3. The topological polar surface area (TPSA) is 49.3 Å². The summed E-state index contributed by atoms with van der Waals surface area (Å²) in [6.07, 6.45) is -0.0344. The van der Waals surface area contributed by atoms with E-state index in [1.54, 1.807) is 26.0 Å². The Kier molecular flexibility index (Phi) is 3.66. The van der Waals surface area contributed by atoms with Gasteiger partial charge in [-0.25, -0.2) is 4.39 Å². The summed E-state index contributed by atoms with van der Waals surface area (Å²) in [4.78, 5) is 10.4. The highest BCUT2D eigenvalue weighted by Gasteiger charge is 2.09. The highest BCUT2D eigenvalue weighted by atomic mass is 19.1. The molecule has 0 spiro atoms. The molecule has 3 nitrogen and oxygen atoms in total. The molecular formula is C11H14FNO2. The summed E-state index contributed by atoms with van der Waals surface area (Å²) < 4.78 is 13.3. The number of anilines is 1. The molecule has 15 heavy (non-hydrogen) atoms. The Labute approximate surface area is 87.9 Å². The van der Waals surface area contributed by atoms with E-state index in [9.17, 15) is 9.18 Å². The quantitative estimate of drug-likeness (QED) is 0.804. The Morgan fingerprint density at radius 1 is 1.60 bits per heavy atom. The maximum Gasteiger partial charge on any atom is 0.305 e. The predicted octanol–water partition coefficient (Wildman–Crippen LogP) is 2.41. The summed E-state index contributed by atoms with van der Waals surface area (Å²) in [7, 11) is 0. The first-order valence-corrected chi connectivity index (χ1v) is 4.73. The van der Waals surface area contributed by atoms with Gasteiger partial charge in [0.25, 0.3) is 0 Å². The molecule has 2 N–H and O–H groups in total. The lowest BCUT2D eigenvalue weighted by Gasteiger charge is -2.13. The molecular weight excluding hydrogens is 197 g/mol. The fourth-order valence-electron chi connectivity index (χ4n) is 1.32. The van der Waals surface area contributed by atoms with Crippen LogP contribution >= 0.6 is 0 Å². The van der Waals surface area contributed by atoms with E-state index < -0.39 is 5.97 Å². The molecule has 0 saturated heterocycles. The van der Waals surface area contributed by atoms with Crippen molar-refractivity contribution in [2.75, 3.05) is 5.32 Å². The number of benzene rings is 1. The number of hydrogen-bond acceptors (Lipinski definition) is 2. The Balaban J connectivity index is 2.68. The molecule has 0 aliphatic heterocycles. The van der Waals surface area contributed by atoms with Gasteiger partial charge in [0.2, 0.25) is 0 Å². The highest BCUT2D eigenvalue weighted by Crippen LogP contribution is 2.16. The number of aryl methyl sites for hydroxylation is 1. The third-order valence-electron chi connectivity index (χ3n) is 2.01. The van der Waals surface area contributed by atoms with Crippen LogP contribution in [0.4, 0.5) is 10.1 Å². The first-order valence-electron chi connectivity index (χ1n) is 4.73. The van der Waals surface area contributed by atoms with E-state index in [2.05, 4.69) is 5.32 Å². The monoisotopic (exact) mass is 211 g/mol. The Morgan fingerprint density at radius 2 is 2.27 bits per heavy atom. The van der Waals surface area contributed by atoms with Gasteiger partial charge in [0, 0.05) is 6.04 Å². The largest absolute Gasteiger partial charge is 0.481 e. The van der Waals surface area contributed by atoms with Gasteiger partial charge in [-0.05, 0) is 31.5 Å². The Morgan fingerprint density at radius 3 is 2.80 bits per heavy atom. The van der Waals surface area contributed by atoms with Gasteiger partial charge < -0.3 is 10.4 Å². The maximum atomic E-state index is 13.3. The fraction of sp³-hybridized carbons (Fsp3) is 0.364. The lowest BCUT2D eigenvalue weighted by Crippen LogP contribution is -2.19. The van der Waals surface area contributed by atoms with E-state index in [0.717, 1.165) is 5.56 Å². The number of rotatable bonds is 4. The van der Waals surface area contributed by atoms with Gasteiger partial charge in [-0.15, -0.1) is 0 Å². The molecule has 0 aliphatic carbocycles. The van der Waals surface area contributed by atoms with Crippen molar-refractivity contribution in [1.82, 2.24) is 0 Å². The molecule has 0 aliphatic rings. The van der Waals surface area contributed by atoms with Crippen LogP contribution in [0.1, 0.15) is 18.9 Å². The lowest BCUT2D eigenvalue weighted by molar-refractivity contribution is -0.137. The summed E-state index contributed by atoms with van der Waals surface area (Å²) in [5.74, 6) is -1.25. The third-order valence-corrected chi connectivity index (χ3v) is 2.01. The van der Waals surface area contributed by atoms with Crippen LogP contribution in [0.25, 0.3) is 0 Å². The average Bonchev–Trinajstić information content (AvgIpc) is 2.08. The minimum Gasteiger partial charge on any atom is -0.481 e. The number of hydrogen-bond donors (Lipinski definition) is 2. The average molecular weight is 211 g/mol. The van der Waals surface area contributed by atoms with Gasteiger partial charge in [0.05, 0.1) is 12.1 Å². The highest BCUT2D eigenvalue weighted by molar-refractivity contribution is 5.68. The van der Waals surface area contributed by atoms with E-state index >= 15 is 0 Å². The normalized spacial score (nSPS) is 12.2. The molecule has 82 valence electrons. The molecule has 1 aromatic rings. The van der Waals surface area contributed by atoms with Crippen LogP contribution in [-0.2, 0) is 4.79 Å². The van der Waals surface area contributed by atoms with Crippen LogP contribution in [0, 0.1) is 12.7 Å². The van der Waals surface area contributed by atoms with Gasteiger partial charge in [0.15, 0.2) is 0 Å². The van der Waals surface area contributed by atoms with Crippen molar-refractivity contribution in [3.63, 3.8) is 0 Å². The number of carbonyl (C=O) groups is 1. The Hall–Kier alpha value is -1.58. The zero-order chi connectivity index (χ0) is 11.4. The molecule has 0 heterocycles. The van der Waals surface area contributed by atoms with Gasteiger partial charge >= 0.3 is 5.97 Å². The second-order valence-electron chi connectivity index (χ2n) is 3.63. The number of aliphatic carboxylic acids is 1. The van der Waals surface area contributed by atoms with Crippen molar-refractivity contribution in [3.05, 3.63) is 29.6 Å². The molecule has 0 bridgehead atoms.